The third kappa shape index (κ3) is 3.01. The number of rotatable bonds is 3. The van der Waals surface area contributed by atoms with Crippen LogP contribution in [0.2, 0.25) is 0 Å². The van der Waals surface area contributed by atoms with Crippen LogP contribution >= 0.6 is 0 Å². The molecule has 1 saturated carbocycles. The second-order valence-electron chi connectivity index (χ2n) is 5.09. The normalized spacial score (nSPS) is 43.0. The minimum absolute atomic E-state index is 0.0141. The molecule has 0 aromatic heterocycles. The highest BCUT2D eigenvalue weighted by molar-refractivity contribution is 4.89. The standard InChI is InChI=1S/C12H22O6/c13-6-8-9(14)10(15)11(16)12(18-8)17-7-4-2-1-3-5-7/h7-16H,1-6H2/t8-,9-,10+,11+,12-/m1/s1. The van der Waals surface area contributed by atoms with E-state index in [1.54, 1.807) is 0 Å². The highest BCUT2D eigenvalue weighted by Crippen LogP contribution is 2.27. The molecule has 1 heterocycles. The van der Waals surface area contributed by atoms with Gasteiger partial charge in [0.15, 0.2) is 6.29 Å². The van der Waals surface area contributed by atoms with Crippen molar-refractivity contribution >= 4 is 0 Å². The van der Waals surface area contributed by atoms with E-state index in [-0.39, 0.29) is 6.10 Å². The first-order valence-electron chi connectivity index (χ1n) is 6.59. The van der Waals surface area contributed by atoms with E-state index in [0.717, 1.165) is 25.7 Å². The zero-order chi connectivity index (χ0) is 13.1. The van der Waals surface area contributed by atoms with Gasteiger partial charge in [-0.2, -0.15) is 0 Å². The van der Waals surface area contributed by atoms with Gasteiger partial charge < -0.3 is 29.9 Å². The quantitative estimate of drug-likeness (QED) is 0.528. The average Bonchev–Trinajstić information content (AvgIpc) is 2.40. The summed E-state index contributed by atoms with van der Waals surface area (Å²) in [6, 6.07) is 0. The van der Waals surface area contributed by atoms with Gasteiger partial charge >= 0.3 is 0 Å². The highest BCUT2D eigenvalue weighted by atomic mass is 16.7. The number of ether oxygens (including phenoxy) is 2. The highest BCUT2D eigenvalue weighted by Gasteiger charge is 2.44. The topological polar surface area (TPSA) is 99.4 Å². The number of hydrogen-bond acceptors (Lipinski definition) is 6. The lowest BCUT2D eigenvalue weighted by Gasteiger charge is -2.41. The van der Waals surface area contributed by atoms with Crippen LogP contribution in [-0.4, -0.2) is 63.8 Å². The van der Waals surface area contributed by atoms with Crippen molar-refractivity contribution in [3.63, 3.8) is 0 Å². The van der Waals surface area contributed by atoms with Crippen molar-refractivity contribution in [2.24, 2.45) is 0 Å². The van der Waals surface area contributed by atoms with Crippen molar-refractivity contribution in [2.75, 3.05) is 6.61 Å². The van der Waals surface area contributed by atoms with Crippen LogP contribution in [0, 0.1) is 0 Å². The van der Waals surface area contributed by atoms with E-state index < -0.39 is 37.3 Å². The average molecular weight is 262 g/mol. The first-order chi connectivity index (χ1) is 8.63. The Morgan fingerprint density at radius 3 is 2.22 bits per heavy atom. The minimum atomic E-state index is -1.36. The van der Waals surface area contributed by atoms with Crippen molar-refractivity contribution < 1.29 is 29.9 Å². The predicted octanol–water partition coefficient (Wildman–Crippen LogP) is -0.864. The maximum Gasteiger partial charge on any atom is 0.186 e. The molecule has 0 aromatic rings. The molecule has 6 nitrogen and oxygen atoms in total. The van der Waals surface area contributed by atoms with Gasteiger partial charge in [-0.05, 0) is 12.8 Å². The lowest BCUT2D eigenvalue weighted by Crippen LogP contribution is -2.59. The second kappa shape index (κ2) is 6.27. The van der Waals surface area contributed by atoms with Crippen LogP contribution in [-0.2, 0) is 9.47 Å². The van der Waals surface area contributed by atoms with Gasteiger partial charge in [-0.25, -0.2) is 0 Å². The zero-order valence-electron chi connectivity index (χ0n) is 10.3. The van der Waals surface area contributed by atoms with Crippen LogP contribution in [0.15, 0.2) is 0 Å². The molecule has 6 heteroatoms. The van der Waals surface area contributed by atoms with E-state index in [2.05, 4.69) is 0 Å². The summed E-state index contributed by atoms with van der Waals surface area (Å²) in [5.41, 5.74) is 0. The Bertz CT molecular complexity index is 253. The van der Waals surface area contributed by atoms with Crippen LogP contribution in [0.5, 0.6) is 0 Å². The molecule has 0 bridgehead atoms. The Labute approximate surface area is 106 Å². The maximum absolute atomic E-state index is 9.81. The summed E-state index contributed by atoms with van der Waals surface area (Å²) in [6.07, 6.45) is -0.644. The first kappa shape index (κ1) is 14.2. The van der Waals surface area contributed by atoms with E-state index in [1.807, 2.05) is 0 Å². The number of aliphatic hydroxyl groups is 4. The Morgan fingerprint density at radius 1 is 0.944 bits per heavy atom. The molecule has 1 aliphatic carbocycles. The smallest absolute Gasteiger partial charge is 0.186 e. The van der Waals surface area contributed by atoms with E-state index in [4.69, 9.17) is 14.6 Å². The fourth-order valence-corrected chi connectivity index (χ4v) is 2.57. The summed E-state index contributed by atoms with van der Waals surface area (Å²) in [4.78, 5) is 0. The summed E-state index contributed by atoms with van der Waals surface area (Å²) in [7, 11) is 0. The largest absolute Gasteiger partial charge is 0.394 e. The molecule has 0 radical (unpaired) electrons. The number of hydrogen-bond donors (Lipinski definition) is 4. The molecule has 0 amide bonds. The lowest BCUT2D eigenvalue weighted by molar-refractivity contribution is -0.312. The van der Waals surface area contributed by atoms with Gasteiger partial charge in [0.05, 0.1) is 12.7 Å². The van der Waals surface area contributed by atoms with Gasteiger partial charge in [0.25, 0.3) is 0 Å². The van der Waals surface area contributed by atoms with Crippen molar-refractivity contribution in [1.29, 1.82) is 0 Å². The SMILES string of the molecule is OC[C@H]1O[C@@H](OC2CCCCC2)[C@@H](O)[C@@H](O)[C@@H]1O. The van der Waals surface area contributed by atoms with Crippen LogP contribution < -0.4 is 0 Å². The Hall–Kier alpha value is -0.240. The third-order valence-corrected chi connectivity index (χ3v) is 3.73. The summed E-state index contributed by atoms with van der Waals surface area (Å²) < 4.78 is 10.9. The van der Waals surface area contributed by atoms with Gasteiger partial charge in [-0.3, -0.25) is 0 Å². The van der Waals surface area contributed by atoms with E-state index in [1.165, 1.54) is 6.42 Å². The molecule has 4 N–H and O–H groups in total. The summed E-state index contributed by atoms with van der Waals surface area (Å²) in [6.45, 7) is -0.421. The van der Waals surface area contributed by atoms with Crippen molar-refractivity contribution in [1.82, 2.24) is 0 Å². The van der Waals surface area contributed by atoms with Gasteiger partial charge in [0, 0.05) is 0 Å². The van der Waals surface area contributed by atoms with Crippen molar-refractivity contribution in [3.05, 3.63) is 0 Å². The predicted molar refractivity (Wildman–Crippen MR) is 61.7 cm³/mol. The molecule has 106 valence electrons. The Morgan fingerprint density at radius 2 is 1.61 bits per heavy atom. The number of aliphatic hydroxyl groups excluding tert-OH is 4. The van der Waals surface area contributed by atoms with Crippen LogP contribution in [0.25, 0.3) is 0 Å². The Balaban J connectivity index is 1.93. The molecule has 0 aromatic carbocycles. The fraction of sp³-hybridized carbons (Fsp3) is 1.00. The van der Waals surface area contributed by atoms with Crippen LogP contribution in [0.1, 0.15) is 32.1 Å². The third-order valence-electron chi connectivity index (χ3n) is 3.73. The zero-order valence-corrected chi connectivity index (χ0v) is 10.3. The maximum atomic E-state index is 9.81. The molecule has 18 heavy (non-hydrogen) atoms. The summed E-state index contributed by atoms with van der Waals surface area (Å²) >= 11 is 0. The molecule has 2 fully saturated rings. The minimum Gasteiger partial charge on any atom is -0.394 e. The molecular weight excluding hydrogens is 240 g/mol. The van der Waals surface area contributed by atoms with E-state index in [9.17, 15) is 15.3 Å². The van der Waals surface area contributed by atoms with Gasteiger partial charge in [-0.1, -0.05) is 19.3 Å². The van der Waals surface area contributed by atoms with Crippen molar-refractivity contribution in [2.45, 2.75) is 68.9 Å². The molecule has 2 aliphatic rings. The monoisotopic (exact) mass is 262 g/mol. The van der Waals surface area contributed by atoms with Crippen LogP contribution in [0.4, 0.5) is 0 Å². The van der Waals surface area contributed by atoms with Gasteiger partial charge in [0.2, 0.25) is 0 Å². The molecule has 5 atom stereocenters. The molecule has 1 saturated heterocycles. The summed E-state index contributed by atoms with van der Waals surface area (Å²) in [5.74, 6) is 0. The molecule has 1 aliphatic heterocycles. The lowest BCUT2D eigenvalue weighted by atomic mass is 9.96. The Kier molecular flexibility index (Phi) is 4.94. The van der Waals surface area contributed by atoms with Gasteiger partial charge in [0.1, 0.15) is 24.4 Å². The molecule has 2 rings (SSSR count). The van der Waals surface area contributed by atoms with E-state index in [0.29, 0.717) is 0 Å². The first-order valence-corrected chi connectivity index (χ1v) is 6.59. The van der Waals surface area contributed by atoms with Crippen molar-refractivity contribution in [3.8, 4) is 0 Å². The summed E-state index contributed by atoms with van der Waals surface area (Å²) in [5, 5.41) is 38.1. The van der Waals surface area contributed by atoms with E-state index >= 15 is 0 Å². The molecular formula is C12H22O6. The fourth-order valence-electron chi connectivity index (χ4n) is 2.57. The van der Waals surface area contributed by atoms with Crippen LogP contribution in [0.3, 0.4) is 0 Å². The molecule has 0 unspecified atom stereocenters. The van der Waals surface area contributed by atoms with Gasteiger partial charge in [-0.15, -0.1) is 0 Å². The second-order valence-corrected chi connectivity index (χ2v) is 5.09. The molecule has 0 spiro atoms.